The van der Waals surface area contributed by atoms with E-state index in [9.17, 15) is 0 Å². The predicted octanol–water partition coefficient (Wildman–Crippen LogP) is 3.91. The fourth-order valence-electron chi connectivity index (χ4n) is 1.53. The molecule has 2 aromatic carbocycles. The summed E-state index contributed by atoms with van der Waals surface area (Å²) in [6.45, 7) is 0. The largest absolute Gasteiger partial charge is 0.658 e. The molecule has 0 saturated heterocycles. The summed E-state index contributed by atoms with van der Waals surface area (Å²) in [5.41, 5.74) is 0. The van der Waals surface area contributed by atoms with E-state index in [2.05, 4.69) is 45.2 Å². The Hall–Kier alpha value is -0.835. The first kappa shape index (κ1) is 16.5. The summed E-state index contributed by atoms with van der Waals surface area (Å²) >= 11 is 4.38. The average Bonchev–Trinajstić information content (AvgIpc) is 2.51. The zero-order valence-corrected chi connectivity index (χ0v) is 15.7. The van der Waals surface area contributed by atoms with Crippen molar-refractivity contribution in [2.75, 3.05) is 14.2 Å². The molecule has 0 bridgehead atoms. The molecule has 4 nitrogen and oxygen atoms in total. The Kier molecular flexibility index (Phi) is 6.28. The summed E-state index contributed by atoms with van der Waals surface area (Å²) in [6.07, 6.45) is 0. The van der Waals surface area contributed by atoms with Crippen LogP contribution in [0.15, 0.2) is 36.4 Å². The van der Waals surface area contributed by atoms with Crippen LogP contribution in [0.4, 0.5) is 0 Å². The molecule has 0 aliphatic heterocycles. The van der Waals surface area contributed by atoms with E-state index < -0.39 is 0 Å². The van der Waals surface area contributed by atoms with Gasteiger partial charge in [0.1, 0.15) is 23.0 Å². The molecule has 0 atom stereocenters. The molecule has 109 valence electrons. The van der Waals surface area contributed by atoms with Gasteiger partial charge in [0.25, 0.3) is 0 Å². The van der Waals surface area contributed by atoms with Gasteiger partial charge in [-0.2, -0.15) is 0 Å². The molecule has 0 fully saturated rings. The van der Waals surface area contributed by atoms with E-state index in [-0.39, 0.29) is 0 Å². The summed E-state index contributed by atoms with van der Waals surface area (Å²) in [7, 11) is 4.53. The molecule has 1 radical (unpaired) electrons. The monoisotopic (exact) mass is 509 g/mol. The van der Waals surface area contributed by atoms with Crippen LogP contribution < -0.4 is 18.8 Å². The number of rotatable bonds is 6. The zero-order valence-electron chi connectivity index (χ0n) is 11.4. The predicted molar refractivity (Wildman–Crippen MR) is 98.4 cm³/mol. The lowest BCUT2D eigenvalue weighted by atomic mass is 10.2. The van der Waals surface area contributed by atoms with Gasteiger partial charge in [-0.3, -0.25) is 0 Å². The van der Waals surface area contributed by atoms with Crippen molar-refractivity contribution >= 4 is 52.9 Å². The first-order chi connectivity index (χ1) is 10.1. The number of hydrogen-bond donors (Lipinski definition) is 0. The highest BCUT2D eigenvalue weighted by molar-refractivity contribution is 14.1. The molecule has 0 amide bonds. The summed E-state index contributed by atoms with van der Waals surface area (Å²) in [5, 5.41) is 0. The fraction of sp³-hybridized carbons (Fsp3) is 0.143. The number of halogens is 2. The van der Waals surface area contributed by atoms with Crippen LogP contribution in [0.5, 0.6) is 23.0 Å². The van der Waals surface area contributed by atoms with Crippen LogP contribution in [0.3, 0.4) is 0 Å². The fourth-order valence-corrected chi connectivity index (χ4v) is 2.45. The molecule has 0 saturated carbocycles. The summed E-state index contributed by atoms with van der Waals surface area (Å²) in [6, 6.07) is 11.2. The normalized spacial score (nSPS) is 9.90. The molecule has 0 aliphatic rings. The van der Waals surface area contributed by atoms with Crippen molar-refractivity contribution in [3.05, 3.63) is 43.5 Å². The number of ether oxygens (including phenoxy) is 2. The highest BCUT2D eigenvalue weighted by Gasteiger charge is 2.09. The second-order valence-electron chi connectivity index (χ2n) is 3.92. The van der Waals surface area contributed by atoms with E-state index in [1.165, 1.54) is 7.69 Å². The lowest BCUT2D eigenvalue weighted by Gasteiger charge is -2.11. The van der Waals surface area contributed by atoms with Gasteiger partial charge in [0.2, 0.25) is 0 Å². The van der Waals surface area contributed by atoms with Crippen molar-refractivity contribution in [2.24, 2.45) is 0 Å². The van der Waals surface area contributed by atoms with Crippen molar-refractivity contribution < 1.29 is 18.8 Å². The van der Waals surface area contributed by atoms with Crippen molar-refractivity contribution in [2.45, 2.75) is 0 Å². The van der Waals surface area contributed by atoms with E-state index in [0.717, 1.165) is 18.6 Å². The van der Waals surface area contributed by atoms with E-state index in [0.29, 0.717) is 11.5 Å². The Balaban J connectivity index is 2.01. The van der Waals surface area contributed by atoms with Gasteiger partial charge in [-0.1, -0.05) is 0 Å². The van der Waals surface area contributed by atoms with E-state index in [1.807, 2.05) is 24.3 Å². The first-order valence-electron chi connectivity index (χ1n) is 5.96. The Morgan fingerprint density at radius 3 is 1.57 bits per heavy atom. The standard InChI is InChI=1S/C14H12BI2O4/c1-18-9-3-5-11(16)13(7-9)20-15-21-14-8-10(19-2)4-6-12(14)17/h3-8H,1-2H3. The van der Waals surface area contributed by atoms with Crippen LogP contribution in [0.2, 0.25) is 0 Å². The molecule has 21 heavy (non-hydrogen) atoms. The Bertz CT molecular complexity index is 568. The maximum Gasteiger partial charge on any atom is 0.658 e. The van der Waals surface area contributed by atoms with Gasteiger partial charge in [-0.25, -0.2) is 0 Å². The Morgan fingerprint density at radius 1 is 0.762 bits per heavy atom. The summed E-state index contributed by atoms with van der Waals surface area (Å²) in [4.78, 5) is 0. The maximum atomic E-state index is 5.53. The van der Waals surface area contributed by atoms with Crippen LogP contribution in [-0.4, -0.2) is 21.9 Å². The van der Waals surface area contributed by atoms with Gasteiger partial charge >= 0.3 is 7.69 Å². The third kappa shape index (κ3) is 4.57. The Labute approximate surface area is 151 Å². The first-order valence-corrected chi connectivity index (χ1v) is 8.12. The van der Waals surface area contributed by atoms with Crippen molar-refractivity contribution in [1.29, 1.82) is 0 Å². The van der Waals surface area contributed by atoms with Gasteiger partial charge in [0.05, 0.1) is 21.4 Å². The Morgan fingerprint density at radius 2 is 1.19 bits per heavy atom. The third-order valence-corrected chi connectivity index (χ3v) is 4.41. The number of benzene rings is 2. The van der Waals surface area contributed by atoms with E-state index >= 15 is 0 Å². The SMILES string of the molecule is COc1ccc(I)c(O[B]Oc2cc(OC)ccc2I)c1. The average molecular weight is 509 g/mol. The molecule has 0 aliphatic carbocycles. The highest BCUT2D eigenvalue weighted by Crippen LogP contribution is 2.28. The van der Waals surface area contributed by atoms with Crippen LogP contribution >= 0.6 is 45.2 Å². The molecule has 7 heteroatoms. The van der Waals surface area contributed by atoms with Crippen LogP contribution in [0, 0.1) is 7.14 Å². The molecule has 2 aromatic rings. The van der Waals surface area contributed by atoms with Crippen LogP contribution in [-0.2, 0) is 0 Å². The molecule has 0 heterocycles. The minimum absolute atomic E-state index is 0.674. The van der Waals surface area contributed by atoms with Crippen LogP contribution in [0.25, 0.3) is 0 Å². The van der Waals surface area contributed by atoms with Crippen molar-refractivity contribution in [3.63, 3.8) is 0 Å². The third-order valence-electron chi connectivity index (χ3n) is 2.63. The summed E-state index contributed by atoms with van der Waals surface area (Å²) in [5.74, 6) is 2.81. The van der Waals surface area contributed by atoms with Crippen LogP contribution in [0.1, 0.15) is 0 Å². The lowest BCUT2D eigenvalue weighted by Crippen LogP contribution is -2.12. The van der Waals surface area contributed by atoms with Gasteiger partial charge in [-0.05, 0) is 69.4 Å². The smallest absolute Gasteiger partial charge is 0.525 e. The minimum Gasteiger partial charge on any atom is -0.525 e. The topological polar surface area (TPSA) is 36.9 Å². The molecule has 2 rings (SSSR count). The zero-order chi connectivity index (χ0) is 15.2. The van der Waals surface area contributed by atoms with Gasteiger partial charge < -0.3 is 18.8 Å². The number of methoxy groups -OCH3 is 2. The molecule has 0 aromatic heterocycles. The van der Waals surface area contributed by atoms with Crippen molar-refractivity contribution in [1.82, 2.24) is 0 Å². The van der Waals surface area contributed by atoms with Gasteiger partial charge in [0.15, 0.2) is 0 Å². The molecule has 0 spiro atoms. The molecular weight excluding hydrogens is 497 g/mol. The van der Waals surface area contributed by atoms with Gasteiger partial charge in [0, 0.05) is 12.1 Å². The maximum absolute atomic E-state index is 5.53. The second-order valence-corrected chi connectivity index (χ2v) is 6.25. The molecule has 0 unspecified atom stereocenters. The lowest BCUT2D eigenvalue weighted by molar-refractivity contribution is 0.405. The number of hydrogen-bond acceptors (Lipinski definition) is 4. The second kappa shape index (κ2) is 7.97. The minimum atomic E-state index is 0.674. The van der Waals surface area contributed by atoms with E-state index in [1.54, 1.807) is 26.4 Å². The quantitative estimate of drug-likeness (QED) is 0.438. The van der Waals surface area contributed by atoms with E-state index in [4.69, 9.17) is 18.8 Å². The van der Waals surface area contributed by atoms with Crippen molar-refractivity contribution in [3.8, 4) is 23.0 Å². The molecular formula is C14H12BI2O4. The molecule has 0 N–H and O–H groups in total. The summed E-state index contributed by atoms with van der Waals surface area (Å²) < 4.78 is 23.3. The highest BCUT2D eigenvalue weighted by atomic mass is 127. The van der Waals surface area contributed by atoms with Gasteiger partial charge in [-0.15, -0.1) is 0 Å².